The van der Waals surface area contributed by atoms with Crippen LogP contribution in [0.2, 0.25) is 0 Å². The van der Waals surface area contributed by atoms with Gasteiger partial charge in [0.2, 0.25) is 0 Å². The molecule has 19 heavy (non-hydrogen) atoms. The van der Waals surface area contributed by atoms with Crippen LogP contribution in [0.3, 0.4) is 0 Å². The third-order valence-electron chi connectivity index (χ3n) is 3.35. The predicted octanol–water partition coefficient (Wildman–Crippen LogP) is 2.74. The molecule has 3 nitrogen and oxygen atoms in total. The first-order chi connectivity index (χ1) is 9.25. The average molecular weight is 272 g/mol. The van der Waals surface area contributed by atoms with E-state index in [0.717, 1.165) is 30.0 Å². The summed E-state index contributed by atoms with van der Waals surface area (Å²) in [7, 11) is -1.16. The Hall–Kier alpha value is -1.81. The van der Waals surface area contributed by atoms with Gasteiger partial charge in [0.25, 0.3) is 0 Å². The molecule has 4 heteroatoms. The Kier molecular flexibility index (Phi) is 3.25. The van der Waals surface area contributed by atoms with Crippen LogP contribution in [0.25, 0.3) is 0 Å². The maximum Gasteiger partial charge on any atom is 0.152 e. The Morgan fingerprint density at radius 2 is 1.79 bits per heavy atom. The zero-order chi connectivity index (χ0) is 13.2. The van der Waals surface area contributed by atoms with Crippen LogP contribution in [-0.4, -0.2) is 10.8 Å². The first-order valence-electron chi connectivity index (χ1n) is 6.38. The lowest BCUT2D eigenvalue weighted by Crippen LogP contribution is -2.31. The van der Waals surface area contributed by atoms with Crippen molar-refractivity contribution in [1.82, 2.24) is 0 Å². The molecule has 0 aliphatic carbocycles. The molecule has 0 spiro atoms. The number of benzene rings is 2. The number of nitrogens with zero attached hydrogens (tertiary/aromatic N) is 1. The fourth-order valence-corrected chi connectivity index (χ4v) is 3.66. The number of fused-ring (bicyclic) bond motifs is 1. The number of hydrogen-bond donors (Lipinski definition) is 1. The average Bonchev–Trinajstić information content (AvgIpc) is 2.47. The number of rotatable bonds is 2. The SMILES string of the molecule is Nc1ccc(S(=O)N2CCCc3ccccc32)cc1. The van der Waals surface area contributed by atoms with Crippen molar-refractivity contribution in [3.05, 3.63) is 54.1 Å². The lowest BCUT2D eigenvalue weighted by Gasteiger charge is -2.29. The van der Waals surface area contributed by atoms with E-state index in [1.807, 2.05) is 34.6 Å². The Labute approximate surface area is 115 Å². The first-order valence-corrected chi connectivity index (χ1v) is 7.49. The van der Waals surface area contributed by atoms with Gasteiger partial charge >= 0.3 is 0 Å². The van der Waals surface area contributed by atoms with Crippen LogP contribution in [0.1, 0.15) is 12.0 Å². The third-order valence-corrected chi connectivity index (χ3v) is 4.80. The summed E-state index contributed by atoms with van der Waals surface area (Å²) >= 11 is 0. The van der Waals surface area contributed by atoms with Gasteiger partial charge in [-0.3, -0.25) is 4.31 Å². The molecular formula is C15H16N2OS. The number of anilines is 2. The van der Waals surface area contributed by atoms with Gasteiger partial charge in [-0.25, -0.2) is 4.21 Å². The van der Waals surface area contributed by atoms with Crippen molar-refractivity contribution >= 4 is 22.4 Å². The topological polar surface area (TPSA) is 46.3 Å². The molecule has 2 aromatic rings. The fraction of sp³-hybridized carbons (Fsp3) is 0.200. The fourth-order valence-electron chi connectivity index (χ4n) is 2.38. The Morgan fingerprint density at radius 3 is 2.58 bits per heavy atom. The highest BCUT2D eigenvalue weighted by molar-refractivity contribution is 7.86. The molecule has 0 bridgehead atoms. The summed E-state index contributed by atoms with van der Waals surface area (Å²) in [6.45, 7) is 0.827. The predicted molar refractivity (Wildman–Crippen MR) is 79.4 cm³/mol. The van der Waals surface area contributed by atoms with Gasteiger partial charge in [-0.15, -0.1) is 0 Å². The quantitative estimate of drug-likeness (QED) is 0.854. The summed E-state index contributed by atoms with van der Waals surface area (Å²) in [4.78, 5) is 0.797. The van der Waals surface area contributed by atoms with Gasteiger partial charge in [0.15, 0.2) is 11.0 Å². The molecule has 0 saturated heterocycles. The third kappa shape index (κ3) is 2.36. The van der Waals surface area contributed by atoms with E-state index in [1.54, 1.807) is 12.1 Å². The van der Waals surface area contributed by atoms with E-state index in [0.29, 0.717) is 5.69 Å². The van der Waals surface area contributed by atoms with Crippen molar-refractivity contribution < 1.29 is 4.21 Å². The van der Waals surface area contributed by atoms with Crippen LogP contribution in [0.5, 0.6) is 0 Å². The lowest BCUT2D eigenvalue weighted by molar-refractivity contribution is 0.673. The highest BCUT2D eigenvalue weighted by Crippen LogP contribution is 2.29. The molecule has 0 saturated carbocycles. The minimum atomic E-state index is -1.16. The maximum atomic E-state index is 12.7. The maximum absolute atomic E-state index is 12.7. The molecule has 1 unspecified atom stereocenters. The summed E-state index contributed by atoms with van der Waals surface area (Å²) in [5, 5.41) is 0. The molecule has 1 atom stereocenters. The number of hydrogen-bond acceptors (Lipinski definition) is 2. The zero-order valence-corrected chi connectivity index (χ0v) is 11.4. The second-order valence-corrected chi connectivity index (χ2v) is 6.06. The summed E-state index contributed by atoms with van der Waals surface area (Å²) in [5.41, 5.74) is 8.73. The summed E-state index contributed by atoms with van der Waals surface area (Å²) in [6.07, 6.45) is 2.10. The monoisotopic (exact) mass is 272 g/mol. The summed E-state index contributed by atoms with van der Waals surface area (Å²) < 4.78 is 14.6. The highest BCUT2D eigenvalue weighted by atomic mass is 32.2. The molecular weight excluding hydrogens is 256 g/mol. The van der Waals surface area contributed by atoms with Crippen molar-refractivity contribution in [3.63, 3.8) is 0 Å². The molecule has 0 fully saturated rings. The van der Waals surface area contributed by atoms with Crippen molar-refractivity contribution in [3.8, 4) is 0 Å². The van der Waals surface area contributed by atoms with Crippen LogP contribution in [-0.2, 0) is 17.4 Å². The number of nitrogens with two attached hydrogens (primary N) is 1. The van der Waals surface area contributed by atoms with E-state index in [4.69, 9.17) is 5.73 Å². The van der Waals surface area contributed by atoms with E-state index in [-0.39, 0.29) is 0 Å². The van der Waals surface area contributed by atoms with Crippen LogP contribution in [0.4, 0.5) is 11.4 Å². The molecule has 3 rings (SSSR count). The standard InChI is InChI=1S/C15H16N2OS/c16-13-7-9-14(10-8-13)19(18)17-11-3-5-12-4-1-2-6-15(12)17/h1-2,4,6-10H,3,5,11,16H2. The molecule has 2 N–H and O–H groups in total. The van der Waals surface area contributed by atoms with Crippen molar-refractivity contribution in [2.24, 2.45) is 0 Å². The summed E-state index contributed by atoms with van der Waals surface area (Å²) in [5.74, 6) is 0. The Morgan fingerprint density at radius 1 is 1.05 bits per heavy atom. The van der Waals surface area contributed by atoms with Crippen LogP contribution < -0.4 is 10.0 Å². The van der Waals surface area contributed by atoms with E-state index >= 15 is 0 Å². The second-order valence-electron chi connectivity index (χ2n) is 4.65. The molecule has 0 aromatic heterocycles. The second kappa shape index (κ2) is 5.05. The number of aryl methyl sites for hydroxylation is 1. The minimum absolute atomic E-state index is 0.694. The molecule has 1 aliphatic rings. The van der Waals surface area contributed by atoms with E-state index < -0.39 is 11.0 Å². The van der Waals surface area contributed by atoms with E-state index in [1.165, 1.54) is 5.56 Å². The van der Waals surface area contributed by atoms with Crippen LogP contribution in [0.15, 0.2) is 53.4 Å². The Bertz CT molecular complexity index is 610. The first kappa shape index (κ1) is 12.2. The Balaban J connectivity index is 1.95. The smallest absolute Gasteiger partial charge is 0.152 e. The largest absolute Gasteiger partial charge is 0.399 e. The van der Waals surface area contributed by atoms with Gasteiger partial charge < -0.3 is 5.73 Å². The van der Waals surface area contributed by atoms with E-state index in [2.05, 4.69) is 6.07 Å². The van der Waals surface area contributed by atoms with Gasteiger partial charge in [-0.2, -0.15) is 0 Å². The summed E-state index contributed by atoms with van der Waals surface area (Å²) in [6, 6.07) is 15.5. The lowest BCUT2D eigenvalue weighted by atomic mass is 10.0. The molecule has 0 radical (unpaired) electrons. The van der Waals surface area contributed by atoms with E-state index in [9.17, 15) is 4.21 Å². The van der Waals surface area contributed by atoms with Gasteiger partial charge in [0.05, 0.1) is 10.6 Å². The molecule has 1 aliphatic heterocycles. The zero-order valence-electron chi connectivity index (χ0n) is 10.6. The van der Waals surface area contributed by atoms with Gasteiger partial charge in [-0.1, -0.05) is 18.2 Å². The van der Waals surface area contributed by atoms with Gasteiger partial charge in [0.1, 0.15) is 0 Å². The number of para-hydroxylation sites is 1. The van der Waals surface area contributed by atoms with Crippen molar-refractivity contribution in [2.45, 2.75) is 17.7 Å². The molecule has 0 amide bonds. The van der Waals surface area contributed by atoms with Gasteiger partial charge in [0, 0.05) is 12.2 Å². The molecule has 1 heterocycles. The molecule has 2 aromatic carbocycles. The normalized spacial score (nSPS) is 15.9. The van der Waals surface area contributed by atoms with Crippen molar-refractivity contribution in [2.75, 3.05) is 16.6 Å². The van der Waals surface area contributed by atoms with Gasteiger partial charge in [-0.05, 0) is 48.7 Å². The highest BCUT2D eigenvalue weighted by Gasteiger charge is 2.21. The number of nitrogen functional groups attached to an aromatic ring is 1. The molecule has 98 valence electrons. The minimum Gasteiger partial charge on any atom is -0.399 e. The van der Waals surface area contributed by atoms with Crippen LogP contribution >= 0.6 is 0 Å². The van der Waals surface area contributed by atoms with Crippen LogP contribution in [0, 0.1) is 0 Å². The van der Waals surface area contributed by atoms with Crippen molar-refractivity contribution in [1.29, 1.82) is 0 Å².